The van der Waals surface area contributed by atoms with E-state index in [0.717, 1.165) is 24.6 Å². The Kier molecular flexibility index (Phi) is 4.23. The van der Waals surface area contributed by atoms with Crippen LogP contribution < -0.4 is 4.74 Å². The minimum absolute atomic E-state index is 0.629. The second-order valence-electron chi connectivity index (χ2n) is 4.70. The van der Waals surface area contributed by atoms with Crippen molar-refractivity contribution < 1.29 is 4.74 Å². The molecule has 0 N–H and O–H groups in total. The standard InChI is InChI=1S/C14H18N2OS2/c1-17-12-4-2-11(3-5-12)10-19-13-8-15-14-16(9-13)6-7-18-14/h2-5,13H,6-10H2,1H3. The molecule has 1 aromatic carbocycles. The van der Waals surface area contributed by atoms with Gasteiger partial charge in [0.05, 0.1) is 13.7 Å². The molecule has 1 aromatic rings. The first-order valence-electron chi connectivity index (χ1n) is 6.52. The monoisotopic (exact) mass is 294 g/mol. The van der Waals surface area contributed by atoms with Gasteiger partial charge in [-0.2, -0.15) is 0 Å². The van der Waals surface area contributed by atoms with Gasteiger partial charge in [0.1, 0.15) is 5.75 Å². The third-order valence-corrected chi connectivity index (χ3v) is 5.66. The van der Waals surface area contributed by atoms with Crippen molar-refractivity contribution in [1.82, 2.24) is 4.90 Å². The average molecular weight is 294 g/mol. The van der Waals surface area contributed by atoms with E-state index in [-0.39, 0.29) is 0 Å². The Morgan fingerprint density at radius 1 is 1.42 bits per heavy atom. The zero-order chi connectivity index (χ0) is 13.1. The Balaban J connectivity index is 1.52. The highest BCUT2D eigenvalue weighted by Gasteiger charge is 2.26. The molecule has 2 heterocycles. The Morgan fingerprint density at radius 2 is 2.26 bits per heavy atom. The molecule has 1 fully saturated rings. The fourth-order valence-corrected chi connectivity index (χ4v) is 4.37. The summed E-state index contributed by atoms with van der Waals surface area (Å²) in [6, 6.07) is 8.36. The molecule has 1 saturated heterocycles. The molecule has 102 valence electrons. The number of ether oxygens (including phenoxy) is 1. The Bertz CT molecular complexity index is 461. The molecule has 0 spiro atoms. The van der Waals surface area contributed by atoms with E-state index in [2.05, 4.69) is 22.0 Å². The first-order chi connectivity index (χ1) is 9.35. The predicted octanol–water partition coefficient (Wildman–Crippen LogP) is 2.72. The number of benzene rings is 1. The molecule has 3 rings (SSSR count). The van der Waals surface area contributed by atoms with Crippen LogP contribution in [-0.2, 0) is 5.75 Å². The summed E-state index contributed by atoms with van der Waals surface area (Å²) < 4.78 is 5.18. The average Bonchev–Trinajstić information content (AvgIpc) is 2.93. The number of amidine groups is 1. The normalized spacial score (nSPS) is 22.1. The molecule has 0 aromatic heterocycles. The molecule has 19 heavy (non-hydrogen) atoms. The summed E-state index contributed by atoms with van der Waals surface area (Å²) in [4.78, 5) is 7.11. The fourth-order valence-electron chi connectivity index (χ4n) is 2.27. The van der Waals surface area contributed by atoms with E-state index in [1.807, 2.05) is 35.7 Å². The summed E-state index contributed by atoms with van der Waals surface area (Å²) in [5, 5.41) is 1.89. The lowest BCUT2D eigenvalue weighted by molar-refractivity contribution is 0.414. The molecule has 1 atom stereocenters. The van der Waals surface area contributed by atoms with E-state index in [1.54, 1.807) is 7.11 Å². The van der Waals surface area contributed by atoms with Gasteiger partial charge < -0.3 is 9.64 Å². The van der Waals surface area contributed by atoms with E-state index in [4.69, 9.17) is 4.74 Å². The number of methoxy groups -OCH3 is 1. The van der Waals surface area contributed by atoms with Gasteiger partial charge in [0, 0.05) is 29.8 Å². The molecule has 0 amide bonds. The van der Waals surface area contributed by atoms with Crippen LogP contribution in [-0.4, -0.2) is 47.8 Å². The molecule has 1 unspecified atom stereocenters. The lowest BCUT2D eigenvalue weighted by Crippen LogP contribution is -2.37. The summed E-state index contributed by atoms with van der Waals surface area (Å²) in [5.74, 6) is 3.18. The van der Waals surface area contributed by atoms with Crippen LogP contribution in [0.25, 0.3) is 0 Å². The highest BCUT2D eigenvalue weighted by Crippen LogP contribution is 2.27. The summed E-state index contributed by atoms with van der Waals surface area (Å²) >= 11 is 3.91. The summed E-state index contributed by atoms with van der Waals surface area (Å²) in [5.41, 5.74) is 1.36. The Hall–Kier alpha value is -0.810. The van der Waals surface area contributed by atoms with Crippen molar-refractivity contribution in [3.8, 4) is 5.75 Å². The van der Waals surface area contributed by atoms with Gasteiger partial charge >= 0.3 is 0 Å². The van der Waals surface area contributed by atoms with E-state index < -0.39 is 0 Å². The van der Waals surface area contributed by atoms with E-state index in [9.17, 15) is 0 Å². The van der Waals surface area contributed by atoms with Gasteiger partial charge in [0.15, 0.2) is 5.17 Å². The van der Waals surface area contributed by atoms with Crippen molar-refractivity contribution in [3.63, 3.8) is 0 Å². The number of fused-ring (bicyclic) bond motifs is 1. The van der Waals surface area contributed by atoms with Gasteiger partial charge in [-0.3, -0.25) is 4.99 Å². The van der Waals surface area contributed by atoms with Crippen molar-refractivity contribution in [1.29, 1.82) is 0 Å². The van der Waals surface area contributed by atoms with Gasteiger partial charge in [-0.25, -0.2) is 0 Å². The summed E-state index contributed by atoms with van der Waals surface area (Å²) in [6.07, 6.45) is 0. The third-order valence-electron chi connectivity index (χ3n) is 3.36. The fraction of sp³-hybridized carbons (Fsp3) is 0.500. The number of nitrogens with zero attached hydrogens (tertiary/aromatic N) is 2. The molecule has 0 aliphatic carbocycles. The van der Waals surface area contributed by atoms with Crippen molar-refractivity contribution in [2.24, 2.45) is 4.99 Å². The maximum Gasteiger partial charge on any atom is 0.159 e. The number of aliphatic imine (C=N–C) groups is 1. The number of hydrogen-bond donors (Lipinski definition) is 0. The van der Waals surface area contributed by atoms with E-state index >= 15 is 0 Å². The highest BCUT2D eigenvalue weighted by molar-refractivity contribution is 8.14. The topological polar surface area (TPSA) is 24.8 Å². The molecular formula is C14H18N2OS2. The van der Waals surface area contributed by atoms with Crippen LogP contribution in [0, 0.1) is 0 Å². The smallest absolute Gasteiger partial charge is 0.159 e. The van der Waals surface area contributed by atoms with Crippen molar-refractivity contribution >= 4 is 28.7 Å². The number of rotatable bonds is 4. The predicted molar refractivity (Wildman–Crippen MR) is 84.4 cm³/mol. The minimum Gasteiger partial charge on any atom is -0.497 e. The Labute approximate surface area is 122 Å². The lowest BCUT2D eigenvalue weighted by atomic mass is 10.2. The van der Waals surface area contributed by atoms with Gasteiger partial charge in [-0.1, -0.05) is 23.9 Å². The molecule has 0 saturated carbocycles. The molecule has 5 heteroatoms. The highest BCUT2D eigenvalue weighted by atomic mass is 32.2. The largest absolute Gasteiger partial charge is 0.497 e. The molecule has 2 aliphatic rings. The molecular weight excluding hydrogens is 276 g/mol. The lowest BCUT2D eigenvalue weighted by Gasteiger charge is -2.28. The van der Waals surface area contributed by atoms with Crippen LogP contribution in [0.2, 0.25) is 0 Å². The second-order valence-corrected chi connectivity index (χ2v) is 7.05. The van der Waals surface area contributed by atoms with Gasteiger partial charge in [-0.15, -0.1) is 11.8 Å². The third kappa shape index (κ3) is 3.20. The van der Waals surface area contributed by atoms with Crippen LogP contribution in [0.15, 0.2) is 29.3 Å². The molecule has 3 nitrogen and oxygen atoms in total. The first kappa shape index (κ1) is 13.2. The van der Waals surface area contributed by atoms with Crippen LogP contribution >= 0.6 is 23.5 Å². The van der Waals surface area contributed by atoms with Crippen LogP contribution in [0.4, 0.5) is 0 Å². The van der Waals surface area contributed by atoms with Crippen molar-refractivity contribution in [2.75, 3.05) is 32.5 Å². The summed E-state index contributed by atoms with van der Waals surface area (Å²) in [7, 11) is 1.70. The second kappa shape index (κ2) is 6.09. The van der Waals surface area contributed by atoms with E-state index in [1.165, 1.54) is 23.0 Å². The van der Waals surface area contributed by atoms with Crippen molar-refractivity contribution in [2.45, 2.75) is 11.0 Å². The Morgan fingerprint density at radius 3 is 3.05 bits per heavy atom. The summed E-state index contributed by atoms with van der Waals surface area (Å²) in [6.45, 7) is 3.30. The molecule has 0 bridgehead atoms. The molecule has 0 radical (unpaired) electrons. The number of thioether (sulfide) groups is 2. The quantitative estimate of drug-likeness (QED) is 0.852. The minimum atomic E-state index is 0.629. The first-order valence-corrected chi connectivity index (χ1v) is 8.55. The van der Waals surface area contributed by atoms with Crippen LogP contribution in [0.1, 0.15) is 5.56 Å². The molecule has 2 aliphatic heterocycles. The van der Waals surface area contributed by atoms with Crippen molar-refractivity contribution in [3.05, 3.63) is 29.8 Å². The van der Waals surface area contributed by atoms with Gasteiger partial charge in [0.2, 0.25) is 0 Å². The zero-order valence-corrected chi connectivity index (χ0v) is 12.7. The zero-order valence-electron chi connectivity index (χ0n) is 11.0. The van der Waals surface area contributed by atoms with Gasteiger partial charge in [-0.05, 0) is 17.7 Å². The van der Waals surface area contributed by atoms with Crippen LogP contribution in [0.3, 0.4) is 0 Å². The maximum absolute atomic E-state index is 5.18. The van der Waals surface area contributed by atoms with Gasteiger partial charge in [0.25, 0.3) is 0 Å². The number of hydrogen-bond acceptors (Lipinski definition) is 5. The SMILES string of the molecule is COc1ccc(CSC2CN=C3SCCN3C2)cc1. The maximum atomic E-state index is 5.18. The van der Waals surface area contributed by atoms with E-state index in [0.29, 0.717) is 5.25 Å². The van der Waals surface area contributed by atoms with Crippen LogP contribution in [0.5, 0.6) is 5.75 Å².